The smallest absolute Gasteiger partial charge is 0.234 e. The van der Waals surface area contributed by atoms with Crippen LogP contribution in [0, 0.1) is 11.3 Å². The van der Waals surface area contributed by atoms with E-state index in [1.807, 2.05) is 13.0 Å². The number of benzene rings is 1. The fraction of sp³-hybridized carbons (Fsp3) is 0.529. The standard InChI is InChI=1S/C17H23ClN4O/c1-2-7-20-17(23)12-22-8-5-15(6-9-22)21-16-4-3-14(18)10-13(16)11-19/h3-4,10,15,21H,2,5-9,12H2,1H3,(H,20,23). The topological polar surface area (TPSA) is 68.2 Å². The summed E-state index contributed by atoms with van der Waals surface area (Å²) in [6, 6.07) is 7.81. The van der Waals surface area contributed by atoms with Gasteiger partial charge in [0.2, 0.25) is 5.91 Å². The summed E-state index contributed by atoms with van der Waals surface area (Å²) in [5, 5.41) is 16.1. The minimum Gasteiger partial charge on any atom is -0.381 e. The molecule has 1 aromatic carbocycles. The van der Waals surface area contributed by atoms with Crippen LogP contribution in [0.1, 0.15) is 31.7 Å². The summed E-state index contributed by atoms with van der Waals surface area (Å²) in [4.78, 5) is 13.9. The Bertz CT molecular complexity index is 576. The SMILES string of the molecule is CCCNC(=O)CN1CCC(Nc2ccc(Cl)cc2C#N)CC1. The summed E-state index contributed by atoms with van der Waals surface area (Å²) >= 11 is 5.92. The summed E-state index contributed by atoms with van der Waals surface area (Å²) in [6.45, 7) is 5.02. The summed E-state index contributed by atoms with van der Waals surface area (Å²) in [5.41, 5.74) is 1.40. The number of piperidine rings is 1. The van der Waals surface area contributed by atoms with Gasteiger partial charge >= 0.3 is 0 Å². The molecular weight excluding hydrogens is 312 g/mol. The monoisotopic (exact) mass is 334 g/mol. The molecule has 1 aliphatic heterocycles. The number of hydrogen-bond donors (Lipinski definition) is 2. The van der Waals surface area contributed by atoms with Gasteiger partial charge in [-0.3, -0.25) is 9.69 Å². The van der Waals surface area contributed by atoms with E-state index in [4.69, 9.17) is 11.6 Å². The van der Waals surface area contributed by atoms with Crippen LogP contribution in [0.5, 0.6) is 0 Å². The molecule has 0 saturated carbocycles. The lowest BCUT2D eigenvalue weighted by Gasteiger charge is -2.32. The predicted molar refractivity (Wildman–Crippen MR) is 92.6 cm³/mol. The minimum atomic E-state index is 0.0997. The molecule has 1 aliphatic rings. The van der Waals surface area contributed by atoms with Crippen LogP contribution < -0.4 is 10.6 Å². The molecule has 1 fully saturated rings. The van der Waals surface area contributed by atoms with Gasteiger partial charge in [-0.15, -0.1) is 0 Å². The third-order valence-corrected chi connectivity index (χ3v) is 4.22. The van der Waals surface area contributed by atoms with Crippen LogP contribution in [-0.2, 0) is 4.79 Å². The Kier molecular flexibility index (Phi) is 6.69. The highest BCUT2D eigenvalue weighted by atomic mass is 35.5. The third-order valence-electron chi connectivity index (χ3n) is 3.99. The van der Waals surface area contributed by atoms with Gasteiger partial charge in [0, 0.05) is 30.7 Å². The Labute approximate surface area is 142 Å². The quantitative estimate of drug-likeness (QED) is 0.839. The normalized spacial score (nSPS) is 15.9. The molecule has 1 amide bonds. The Balaban J connectivity index is 1.81. The number of likely N-dealkylation sites (tertiary alicyclic amines) is 1. The van der Waals surface area contributed by atoms with Crippen LogP contribution in [0.15, 0.2) is 18.2 Å². The average Bonchev–Trinajstić information content (AvgIpc) is 2.56. The van der Waals surface area contributed by atoms with Crippen molar-refractivity contribution in [2.75, 3.05) is 31.5 Å². The summed E-state index contributed by atoms with van der Waals surface area (Å²) < 4.78 is 0. The van der Waals surface area contributed by atoms with Crippen LogP contribution in [0.4, 0.5) is 5.69 Å². The van der Waals surface area contributed by atoms with Gasteiger partial charge < -0.3 is 10.6 Å². The summed E-state index contributed by atoms with van der Waals surface area (Å²) in [5.74, 6) is 0.0997. The maximum Gasteiger partial charge on any atom is 0.234 e. The van der Waals surface area contributed by atoms with Gasteiger partial charge in [-0.25, -0.2) is 0 Å². The molecule has 5 nitrogen and oxygen atoms in total. The molecule has 6 heteroatoms. The molecule has 124 valence electrons. The van der Waals surface area contributed by atoms with E-state index in [0.29, 0.717) is 23.2 Å². The molecule has 0 aromatic heterocycles. The molecule has 0 radical (unpaired) electrons. The molecular formula is C17H23ClN4O. The van der Waals surface area contributed by atoms with Crippen molar-refractivity contribution in [2.24, 2.45) is 0 Å². The molecule has 2 N–H and O–H groups in total. The van der Waals surface area contributed by atoms with Crippen molar-refractivity contribution in [3.8, 4) is 6.07 Å². The number of halogens is 1. The molecule has 1 saturated heterocycles. The van der Waals surface area contributed by atoms with E-state index in [9.17, 15) is 10.1 Å². The van der Waals surface area contributed by atoms with Crippen LogP contribution in [0.3, 0.4) is 0 Å². The van der Waals surface area contributed by atoms with Crippen LogP contribution in [-0.4, -0.2) is 43.0 Å². The van der Waals surface area contributed by atoms with E-state index < -0.39 is 0 Å². The largest absolute Gasteiger partial charge is 0.381 e. The van der Waals surface area contributed by atoms with Crippen LogP contribution >= 0.6 is 11.6 Å². The second-order valence-corrected chi connectivity index (χ2v) is 6.28. The molecule has 0 bridgehead atoms. The number of rotatable bonds is 6. The first kappa shape index (κ1) is 17.6. The van der Waals surface area contributed by atoms with Gasteiger partial charge in [0.15, 0.2) is 0 Å². The maximum atomic E-state index is 11.7. The summed E-state index contributed by atoms with van der Waals surface area (Å²) in [7, 11) is 0. The number of carbonyl (C=O) groups is 1. The zero-order valence-corrected chi connectivity index (χ0v) is 14.2. The molecule has 1 aromatic rings. The predicted octanol–water partition coefficient (Wildman–Crippen LogP) is 2.61. The van der Waals surface area contributed by atoms with Crippen LogP contribution in [0.25, 0.3) is 0 Å². The van der Waals surface area contributed by atoms with E-state index in [0.717, 1.165) is 44.6 Å². The first-order valence-corrected chi connectivity index (χ1v) is 8.45. The fourth-order valence-electron chi connectivity index (χ4n) is 2.71. The minimum absolute atomic E-state index is 0.0997. The van der Waals surface area contributed by atoms with E-state index in [1.54, 1.807) is 12.1 Å². The van der Waals surface area contributed by atoms with Gasteiger partial charge in [0.05, 0.1) is 17.8 Å². The second kappa shape index (κ2) is 8.76. The fourth-order valence-corrected chi connectivity index (χ4v) is 2.89. The van der Waals surface area contributed by atoms with Crippen molar-refractivity contribution in [3.05, 3.63) is 28.8 Å². The van der Waals surface area contributed by atoms with E-state index in [-0.39, 0.29) is 5.91 Å². The zero-order valence-electron chi connectivity index (χ0n) is 13.4. The number of carbonyl (C=O) groups excluding carboxylic acids is 1. The van der Waals surface area contributed by atoms with Crippen molar-refractivity contribution >= 4 is 23.2 Å². The van der Waals surface area contributed by atoms with Crippen molar-refractivity contribution in [3.63, 3.8) is 0 Å². The zero-order chi connectivity index (χ0) is 16.7. The Morgan fingerprint density at radius 1 is 1.43 bits per heavy atom. The number of nitrogens with one attached hydrogen (secondary N) is 2. The molecule has 0 atom stereocenters. The molecule has 23 heavy (non-hydrogen) atoms. The van der Waals surface area contributed by atoms with Gasteiger partial charge in [0.1, 0.15) is 6.07 Å². The molecule has 0 unspecified atom stereocenters. The number of nitrogens with zero attached hydrogens (tertiary/aromatic N) is 2. The molecule has 0 spiro atoms. The Hall–Kier alpha value is -1.77. The molecule has 2 rings (SSSR count). The third kappa shape index (κ3) is 5.42. The number of nitriles is 1. The van der Waals surface area contributed by atoms with E-state index >= 15 is 0 Å². The highest BCUT2D eigenvalue weighted by molar-refractivity contribution is 6.30. The highest BCUT2D eigenvalue weighted by Crippen LogP contribution is 2.23. The van der Waals surface area contributed by atoms with Gasteiger partial charge in [0.25, 0.3) is 0 Å². The number of hydrogen-bond acceptors (Lipinski definition) is 4. The number of amides is 1. The lowest BCUT2D eigenvalue weighted by atomic mass is 10.0. The van der Waals surface area contributed by atoms with Gasteiger partial charge in [-0.1, -0.05) is 18.5 Å². The first-order valence-electron chi connectivity index (χ1n) is 8.07. The first-order chi connectivity index (χ1) is 11.1. The molecule has 0 aliphatic carbocycles. The lowest BCUT2D eigenvalue weighted by molar-refractivity contribution is -0.122. The number of anilines is 1. The second-order valence-electron chi connectivity index (χ2n) is 5.85. The highest BCUT2D eigenvalue weighted by Gasteiger charge is 2.21. The summed E-state index contributed by atoms with van der Waals surface area (Å²) in [6.07, 6.45) is 2.86. The van der Waals surface area contributed by atoms with Crippen molar-refractivity contribution in [1.82, 2.24) is 10.2 Å². The Morgan fingerprint density at radius 3 is 2.83 bits per heavy atom. The Morgan fingerprint density at radius 2 is 2.17 bits per heavy atom. The van der Waals surface area contributed by atoms with E-state index in [1.165, 1.54) is 0 Å². The molecule has 1 heterocycles. The average molecular weight is 335 g/mol. The van der Waals surface area contributed by atoms with E-state index in [2.05, 4.69) is 21.6 Å². The van der Waals surface area contributed by atoms with Crippen molar-refractivity contribution in [2.45, 2.75) is 32.2 Å². The van der Waals surface area contributed by atoms with Gasteiger partial charge in [-0.2, -0.15) is 5.26 Å². The lowest BCUT2D eigenvalue weighted by Crippen LogP contribution is -2.44. The van der Waals surface area contributed by atoms with Crippen molar-refractivity contribution in [1.29, 1.82) is 5.26 Å². The van der Waals surface area contributed by atoms with Crippen LogP contribution in [0.2, 0.25) is 5.02 Å². The van der Waals surface area contributed by atoms with Crippen molar-refractivity contribution < 1.29 is 4.79 Å². The van der Waals surface area contributed by atoms with Gasteiger partial charge in [-0.05, 0) is 37.5 Å². The maximum absolute atomic E-state index is 11.7.